The van der Waals surface area contributed by atoms with Gasteiger partial charge in [0, 0.05) is 24.4 Å². The molecule has 7 heteroatoms. The summed E-state index contributed by atoms with van der Waals surface area (Å²) in [7, 11) is 3.98. The topological polar surface area (TPSA) is 64.3 Å². The molecule has 0 N–H and O–H groups in total. The highest BCUT2D eigenvalue weighted by atomic mass is 19.1. The summed E-state index contributed by atoms with van der Waals surface area (Å²) < 4.78 is 24.7. The molecule has 3 aromatic rings. The van der Waals surface area contributed by atoms with Crippen molar-refractivity contribution in [2.45, 2.75) is 24.7 Å². The second-order valence-electron chi connectivity index (χ2n) is 7.40. The maximum Gasteiger partial charge on any atom is 0.237 e. The number of nitrogens with zero attached hydrogens (tertiary/aromatic N) is 4. The smallest absolute Gasteiger partial charge is 0.237 e. The minimum Gasteiger partial charge on any atom is -0.476 e. The van der Waals surface area contributed by atoms with Crippen molar-refractivity contribution in [3.05, 3.63) is 59.9 Å². The summed E-state index contributed by atoms with van der Waals surface area (Å²) in [5.74, 6) is 1.36. The molecule has 1 saturated carbocycles. The lowest BCUT2D eigenvalue weighted by atomic mass is 9.64. The van der Waals surface area contributed by atoms with Crippen LogP contribution in [0.15, 0.2) is 47.1 Å². The van der Waals surface area contributed by atoms with Crippen LogP contribution in [0.25, 0.3) is 11.4 Å². The molecule has 1 fully saturated rings. The van der Waals surface area contributed by atoms with Crippen molar-refractivity contribution in [3.63, 3.8) is 0 Å². The lowest BCUT2D eigenvalue weighted by Crippen LogP contribution is -2.35. The summed E-state index contributed by atoms with van der Waals surface area (Å²) in [6.07, 6.45) is 4.58. The first kappa shape index (κ1) is 18.6. The van der Waals surface area contributed by atoms with Crippen LogP contribution in [0.1, 0.15) is 30.7 Å². The SMILES string of the molecule is CN(C)CCOc1cc(-c2noc(C3(c4ccc(F)cc4)CCC3)n2)ccn1. The van der Waals surface area contributed by atoms with E-state index in [1.807, 2.05) is 43.3 Å². The number of aromatic nitrogens is 3. The Bertz CT molecular complexity index is 936. The third kappa shape index (κ3) is 3.62. The molecule has 0 bridgehead atoms. The highest BCUT2D eigenvalue weighted by molar-refractivity contribution is 5.55. The second-order valence-corrected chi connectivity index (χ2v) is 7.40. The third-order valence-electron chi connectivity index (χ3n) is 5.22. The molecular weight excluding hydrogens is 359 g/mol. The summed E-state index contributed by atoms with van der Waals surface area (Å²) >= 11 is 0. The van der Waals surface area contributed by atoms with E-state index in [0.717, 1.165) is 36.9 Å². The molecule has 6 nitrogen and oxygen atoms in total. The summed E-state index contributed by atoms with van der Waals surface area (Å²) in [6, 6.07) is 10.2. The van der Waals surface area contributed by atoms with E-state index in [-0.39, 0.29) is 11.2 Å². The number of hydrogen-bond donors (Lipinski definition) is 0. The van der Waals surface area contributed by atoms with Crippen LogP contribution in [0, 0.1) is 5.82 Å². The van der Waals surface area contributed by atoms with Gasteiger partial charge >= 0.3 is 0 Å². The van der Waals surface area contributed by atoms with Crippen molar-refractivity contribution < 1.29 is 13.7 Å². The Morgan fingerprint density at radius 2 is 1.96 bits per heavy atom. The standard InChI is InChI=1S/C21H23FN4O2/c1-26(2)12-13-27-18-14-15(8-11-23-18)19-24-20(28-25-19)21(9-3-10-21)16-4-6-17(22)7-5-16/h4-8,11,14H,3,9-10,12-13H2,1-2H3. The molecule has 1 aliphatic carbocycles. The van der Waals surface area contributed by atoms with Crippen LogP contribution in [0.5, 0.6) is 5.88 Å². The number of likely N-dealkylation sites (N-methyl/N-ethyl adjacent to an activating group) is 1. The van der Waals surface area contributed by atoms with E-state index in [1.54, 1.807) is 6.20 Å². The van der Waals surface area contributed by atoms with E-state index in [4.69, 9.17) is 9.26 Å². The molecular formula is C21H23FN4O2. The summed E-state index contributed by atoms with van der Waals surface area (Å²) in [5.41, 5.74) is 1.48. The second kappa shape index (κ2) is 7.67. The molecule has 1 aliphatic rings. The maximum absolute atomic E-state index is 13.3. The lowest BCUT2D eigenvalue weighted by molar-refractivity contribution is 0.216. The number of ether oxygens (including phenoxy) is 1. The van der Waals surface area contributed by atoms with Gasteiger partial charge in [0.2, 0.25) is 17.6 Å². The average molecular weight is 382 g/mol. The van der Waals surface area contributed by atoms with Crippen LogP contribution in [-0.4, -0.2) is 47.3 Å². The van der Waals surface area contributed by atoms with Crippen molar-refractivity contribution in [1.82, 2.24) is 20.0 Å². The first-order valence-electron chi connectivity index (χ1n) is 9.41. The molecule has 0 atom stereocenters. The largest absolute Gasteiger partial charge is 0.476 e. The van der Waals surface area contributed by atoms with Crippen LogP contribution in [0.4, 0.5) is 4.39 Å². The van der Waals surface area contributed by atoms with Crippen molar-refractivity contribution in [3.8, 4) is 17.3 Å². The molecule has 2 heterocycles. The van der Waals surface area contributed by atoms with Crippen LogP contribution >= 0.6 is 0 Å². The van der Waals surface area contributed by atoms with Crippen LogP contribution < -0.4 is 4.74 Å². The van der Waals surface area contributed by atoms with Gasteiger partial charge in [0.15, 0.2) is 0 Å². The lowest BCUT2D eigenvalue weighted by Gasteiger charge is -2.38. The number of halogens is 1. The van der Waals surface area contributed by atoms with Gasteiger partial charge in [-0.15, -0.1) is 0 Å². The number of rotatable bonds is 7. The first-order chi connectivity index (χ1) is 13.6. The molecule has 0 radical (unpaired) electrons. The zero-order valence-electron chi connectivity index (χ0n) is 16.1. The Hall–Kier alpha value is -2.80. The fraction of sp³-hybridized carbons (Fsp3) is 0.381. The molecule has 1 aromatic carbocycles. The summed E-state index contributed by atoms with van der Waals surface area (Å²) in [4.78, 5) is 10.9. The molecule has 0 aliphatic heterocycles. The first-order valence-corrected chi connectivity index (χ1v) is 9.41. The Morgan fingerprint density at radius 3 is 2.64 bits per heavy atom. The van der Waals surface area contributed by atoms with Crippen LogP contribution in [0.2, 0.25) is 0 Å². The fourth-order valence-electron chi connectivity index (χ4n) is 3.42. The van der Waals surface area contributed by atoms with Gasteiger partial charge in [-0.2, -0.15) is 4.98 Å². The van der Waals surface area contributed by atoms with Gasteiger partial charge in [0.05, 0.1) is 5.41 Å². The Labute approximate surface area is 163 Å². The van der Waals surface area contributed by atoms with E-state index < -0.39 is 0 Å². The molecule has 0 unspecified atom stereocenters. The van der Waals surface area contributed by atoms with Gasteiger partial charge in [-0.05, 0) is 50.7 Å². The van der Waals surface area contributed by atoms with E-state index in [1.165, 1.54) is 12.1 Å². The molecule has 2 aromatic heterocycles. The van der Waals surface area contributed by atoms with Crippen molar-refractivity contribution in [2.75, 3.05) is 27.2 Å². The van der Waals surface area contributed by atoms with Crippen LogP contribution in [-0.2, 0) is 5.41 Å². The number of benzene rings is 1. The summed E-state index contributed by atoms with van der Waals surface area (Å²) in [6.45, 7) is 1.35. The quantitative estimate of drug-likeness (QED) is 0.621. The van der Waals surface area contributed by atoms with E-state index in [9.17, 15) is 4.39 Å². The Kier molecular flexibility index (Phi) is 5.09. The van der Waals surface area contributed by atoms with Gasteiger partial charge in [-0.3, -0.25) is 0 Å². The fourth-order valence-corrected chi connectivity index (χ4v) is 3.42. The maximum atomic E-state index is 13.3. The Balaban J connectivity index is 1.56. The normalized spacial score (nSPS) is 15.4. The van der Waals surface area contributed by atoms with Crippen molar-refractivity contribution in [2.24, 2.45) is 0 Å². The highest BCUT2D eigenvalue weighted by Crippen LogP contribution is 2.48. The zero-order valence-corrected chi connectivity index (χ0v) is 16.1. The molecule has 0 saturated heterocycles. The molecule has 28 heavy (non-hydrogen) atoms. The minimum absolute atomic E-state index is 0.247. The van der Waals surface area contributed by atoms with Crippen molar-refractivity contribution >= 4 is 0 Å². The third-order valence-corrected chi connectivity index (χ3v) is 5.22. The number of pyridine rings is 1. The van der Waals surface area contributed by atoms with Crippen LogP contribution in [0.3, 0.4) is 0 Å². The predicted octanol–water partition coefficient (Wildman–Crippen LogP) is 3.68. The predicted molar refractivity (Wildman–Crippen MR) is 103 cm³/mol. The van der Waals surface area contributed by atoms with Gasteiger partial charge in [-0.25, -0.2) is 9.37 Å². The minimum atomic E-state index is -0.322. The van der Waals surface area contributed by atoms with E-state index >= 15 is 0 Å². The van der Waals surface area contributed by atoms with Crippen molar-refractivity contribution in [1.29, 1.82) is 0 Å². The number of hydrogen-bond acceptors (Lipinski definition) is 6. The van der Waals surface area contributed by atoms with Gasteiger partial charge in [-0.1, -0.05) is 23.7 Å². The molecule has 146 valence electrons. The molecule has 0 spiro atoms. The molecule has 0 amide bonds. The van der Waals surface area contributed by atoms with Gasteiger partial charge in [0.25, 0.3) is 0 Å². The summed E-state index contributed by atoms with van der Waals surface area (Å²) in [5, 5.41) is 4.18. The monoisotopic (exact) mass is 382 g/mol. The van der Waals surface area contributed by atoms with Gasteiger partial charge < -0.3 is 14.2 Å². The average Bonchev–Trinajstić information content (AvgIpc) is 3.13. The van der Waals surface area contributed by atoms with E-state index in [2.05, 4.69) is 15.1 Å². The van der Waals surface area contributed by atoms with Gasteiger partial charge in [0.1, 0.15) is 12.4 Å². The molecule has 4 rings (SSSR count). The Morgan fingerprint density at radius 1 is 1.18 bits per heavy atom. The highest BCUT2D eigenvalue weighted by Gasteiger charge is 2.45. The van der Waals surface area contributed by atoms with E-state index in [0.29, 0.717) is 24.2 Å². The zero-order chi connectivity index (χ0) is 19.6.